The maximum absolute atomic E-state index is 12.5. The van der Waals surface area contributed by atoms with Crippen molar-refractivity contribution >= 4 is 5.91 Å². The van der Waals surface area contributed by atoms with Gasteiger partial charge in [-0.3, -0.25) is 14.6 Å². The summed E-state index contributed by atoms with van der Waals surface area (Å²) >= 11 is 0. The highest BCUT2D eigenvalue weighted by atomic mass is 16.2. The third-order valence-electron chi connectivity index (χ3n) is 4.30. The molecule has 0 aliphatic carbocycles. The van der Waals surface area contributed by atoms with Gasteiger partial charge in [-0.05, 0) is 49.8 Å². The molecule has 5 heteroatoms. The molecule has 1 atom stereocenters. The van der Waals surface area contributed by atoms with Crippen molar-refractivity contribution < 1.29 is 4.79 Å². The molecule has 3 heterocycles. The zero-order valence-electron chi connectivity index (χ0n) is 13.3. The molecule has 5 nitrogen and oxygen atoms in total. The molecule has 1 amide bonds. The number of carbonyl (C=O) groups is 1. The van der Waals surface area contributed by atoms with Gasteiger partial charge >= 0.3 is 0 Å². The van der Waals surface area contributed by atoms with E-state index in [1.165, 1.54) is 11.6 Å². The second kappa shape index (κ2) is 6.77. The Balaban J connectivity index is 1.67. The monoisotopic (exact) mass is 311 g/mol. The summed E-state index contributed by atoms with van der Waals surface area (Å²) in [6.45, 7) is 3.45. The van der Waals surface area contributed by atoms with Crippen LogP contribution >= 0.6 is 0 Å². The molecule has 1 N–H and O–H groups in total. The van der Waals surface area contributed by atoms with Crippen LogP contribution in [0.15, 0.2) is 41.3 Å². The molecule has 2 aromatic rings. The van der Waals surface area contributed by atoms with Crippen molar-refractivity contribution in [3.63, 3.8) is 0 Å². The van der Waals surface area contributed by atoms with Gasteiger partial charge in [0.25, 0.3) is 5.91 Å². The largest absolute Gasteiger partial charge is 0.337 e. The van der Waals surface area contributed by atoms with Crippen LogP contribution in [0.25, 0.3) is 0 Å². The molecule has 0 aromatic carbocycles. The summed E-state index contributed by atoms with van der Waals surface area (Å²) in [7, 11) is 0. The van der Waals surface area contributed by atoms with Gasteiger partial charge in [0, 0.05) is 31.0 Å². The molecule has 1 aliphatic rings. The van der Waals surface area contributed by atoms with Crippen LogP contribution in [0.1, 0.15) is 34.6 Å². The number of nitrogens with zero attached hydrogens (tertiary/aromatic N) is 2. The highest BCUT2D eigenvalue weighted by molar-refractivity contribution is 5.92. The van der Waals surface area contributed by atoms with Gasteiger partial charge in [-0.1, -0.05) is 12.1 Å². The number of hydrogen-bond acceptors (Lipinski definition) is 3. The van der Waals surface area contributed by atoms with E-state index in [2.05, 4.69) is 16.0 Å². The Hall–Kier alpha value is -2.43. The fourth-order valence-corrected chi connectivity index (χ4v) is 3.11. The summed E-state index contributed by atoms with van der Waals surface area (Å²) in [6.07, 6.45) is 4.96. The van der Waals surface area contributed by atoms with E-state index in [0.717, 1.165) is 38.0 Å². The number of amides is 1. The van der Waals surface area contributed by atoms with Gasteiger partial charge in [0.1, 0.15) is 5.69 Å². The van der Waals surface area contributed by atoms with E-state index in [-0.39, 0.29) is 11.5 Å². The van der Waals surface area contributed by atoms with E-state index in [1.807, 2.05) is 24.1 Å². The van der Waals surface area contributed by atoms with Crippen LogP contribution in [-0.4, -0.2) is 33.9 Å². The molecular formula is C18H21N3O2. The number of rotatable bonds is 3. The summed E-state index contributed by atoms with van der Waals surface area (Å²) in [5.41, 5.74) is 2.36. The normalized spacial score (nSPS) is 18.0. The number of piperidine rings is 1. The van der Waals surface area contributed by atoms with Gasteiger partial charge in [-0.2, -0.15) is 0 Å². The number of aromatic nitrogens is 2. The summed E-state index contributed by atoms with van der Waals surface area (Å²) in [5.74, 6) is 0.349. The number of carbonyl (C=O) groups excluding carboxylic acids is 1. The van der Waals surface area contributed by atoms with Crippen LogP contribution in [0.2, 0.25) is 0 Å². The van der Waals surface area contributed by atoms with Gasteiger partial charge in [-0.15, -0.1) is 0 Å². The molecule has 0 bridgehead atoms. The van der Waals surface area contributed by atoms with Gasteiger partial charge in [0.15, 0.2) is 0 Å². The topological polar surface area (TPSA) is 66.1 Å². The molecule has 1 fully saturated rings. The molecule has 0 radical (unpaired) electrons. The average Bonchev–Trinajstić information content (AvgIpc) is 2.56. The summed E-state index contributed by atoms with van der Waals surface area (Å²) < 4.78 is 0. The highest BCUT2D eigenvalue weighted by Gasteiger charge is 2.25. The number of aromatic amines is 1. The fraction of sp³-hybridized carbons (Fsp3) is 0.389. The predicted molar refractivity (Wildman–Crippen MR) is 88.4 cm³/mol. The molecular weight excluding hydrogens is 290 g/mol. The van der Waals surface area contributed by atoms with Gasteiger partial charge in [0.2, 0.25) is 5.56 Å². The average molecular weight is 311 g/mol. The molecule has 3 rings (SSSR count). The van der Waals surface area contributed by atoms with Crippen molar-refractivity contribution in [2.45, 2.75) is 26.2 Å². The second-order valence-electron chi connectivity index (χ2n) is 6.20. The summed E-state index contributed by atoms with van der Waals surface area (Å²) in [5, 5.41) is 0. The highest BCUT2D eigenvalue weighted by Crippen LogP contribution is 2.21. The second-order valence-corrected chi connectivity index (χ2v) is 6.20. The number of nitrogens with one attached hydrogen (secondary N) is 1. The Kier molecular flexibility index (Phi) is 4.55. The summed E-state index contributed by atoms with van der Waals surface area (Å²) in [4.78, 5) is 32.7. The minimum Gasteiger partial charge on any atom is -0.337 e. The number of aryl methyl sites for hydroxylation is 1. The van der Waals surface area contributed by atoms with E-state index in [0.29, 0.717) is 11.6 Å². The van der Waals surface area contributed by atoms with Crippen molar-refractivity contribution in [3.8, 4) is 0 Å². The van der Waals surface area contributed by atoms with Crippen molar-refractivity contribution in [2.24, 2.45) is 5.92 Å². The van der Waals surface area contributed by atoms with Crippen molar-refractivity contribution in [3.05, 3.63) is 63.8 Å². The lowest BCUT2D eigenvalue weighted by molar-refractivity contribution is 0.0667. The molecule has 1 aliphatic heterocycles. The molecule has 2 aromatic heterocycles. The third-order valence-corrected chi connectivity index (χ3v) is 4.30. The first kappa shape index (κ1) is 15.5. The van der Waals surface area contributed by atoms with Gasteiger partial charge < -0.3 is 9.88 Å². The van der Waals surface area contributed by atoms with E-state index >= 15 is 0 Å². The molecule has 0 saturated carbocycles. The maximum atomic E-state index is 12.5. The Morgan fingerprint density at radius 3 is 2.96 bits per heavy atom. The Labute approximate surface area is 135 Å². The van der Waals surface area contributed by atoms with Crippen molar-refractivity contribution in [1.82, 2.24) is 14.9 Å². The lowest BCUT2D eigenvalue weighted by Gasteiger charge is -2.32. The standard InChI is InChI=1S/C18H21N3O2/c1-13-7-8-14(11-19-13)10-15-4-3-9-21(12-15)18(23)16-5-2-6-17(22)20-16/h2,5-8,11,15H,3-4,9-10,12H2,1H3,(H,20,22)/t15-/m0/s1. The number of pyridine rings is 2. The first-order valence-electron chi connectivity index (χ1n) is 8.02. The first-order chi connectivity index (χ1) is 11.1. The van der Waals surface area contributed by atoms with Crippen molar-refractivity contribution in [1.29, 1.82) is 0 Å². The quantitative estimate of drug-likeness (QED) is 0.945. The van der Waals surface area contributed by atoms with E-state index in [9.17, 15) is 9.59 Å². The van der Waals surface area contributed by atoms with Crippen molar-refractivity contribution in [2.75, 3.05) is 13.1 Å². The third kappa shape index (κ3) is 3.86. The summed E-state index contributed by atoms with van der Waals surface area (Å²) in [6, 6.07) is 8.83. The van der Waals surface area contributed by atoms with Crippen LogP contribution in [0.5, 0.6) is 0 Å². The lowest BCUT2D eigenvalue weighted by Crippen LogP contribution is -2.41. The minimum absolute atomic E-state index is 0.0885. The van der Waals surface area contributed by atoms with Crippen LogP contribution < -0.4 is 5.56 Å². The zero-order chi connectivity index (χ0) is 16.2. The minimum atomic E-state index is -0.241. The molecule has 1 saturated heterocycles. The molecule has 0 unspecified atom stereocenters. The lowest BCUT2D eigenvalue weighted by atomic mass is 9.91. The SMILES string of the molecule is Cc1ccc(C[C@@H]2CCCN(C(=O)c3cccc(=O)[nH]3)C2)cn1. The molecule has 120 valence electrons. The Morgan fingerprint density at radius 1 is 1.35 bits per heavy atom. The maximum Gasteiger partial charge on any atom is 0.270 e. The van der Waals surface area contributed by atoms with Gasteiger partial charge in [0.05, 0.1) is 0 Å². The first-order valence-corrected chi connectivity index (χ1v) is 8.02. The molecule has 23 heavy (non-hydrogen) atoms. The Morgan fingerprint density at radius 2 is 2.22 bits per heavy atom. The van der Waals surface area contributed by atoms with E-state index in [4.69, 9.17) is 0 Å². The number of H-pyrrole nitrogens is 1. The fourth-order valence-electron chi connectivity index (χ4n) is 3.11. The zero-order valence-corrected chi connectivity index (χ0v) is 13.3. The van der Waals surface area contributed by atoms with Crippen LogP contribution in [0, 0.1) is 12.8 Å². The Bertz CT molecular complexity index is 736. The van der Waals surface area contributed by atoms with E-state index in [1.54, 1.807) is 12.1 Å². The van der Waals surface area contributed by atoms with Crippen LogP contribution in [0.3, 0.4) is 0 Å². The van der Waals surface area contributed by atoms with Crippen LogP contribution in [-0.2, 0) is 6.42 Å². The molecule has 0 spiro atoms. The predicted octanol–water partition coefficient (Wildman–Crippen LogP) is 2.17. The number of likely N-dealkylation sites (tertiary alicyclic amines) is 1. The van der Waals surface area contributed by atoms with Crippen LogP contribution in [0.4, 0.5) is 0 Å². The number of hydrogen-bond donors (Lipinski definition) is 1. The smallest absolute Gasteiger partial charge is 0.270 e. The van der Waals surface area contributed by atoms with Gasteiger partial charge in [-0.25, -0.2) is 0 Å². The van der Waals surface area contributed by atoms with E-state index < -0.39 is 0 Å².